The normalized spacial score (nSPS) is 10.4. The fourth-order valence-electron chi connectivity index (χ4n) is 1.75. The number of pyridine rings is 1. The van der Waals surface area contributed by atoms with Crippen molar-refractivity contribution in [3.05, 3.63) is 58.3 Å². The lowest BCUT2D eigenvalue weighted by molar-refractivity contribution is -0.120. The van der Waals surface area contributed by atoms with E-state index in [9.17, 15) is 9.59 Å². The number of ether oxygens (including phenoxy) is 1. The molecule has 0 aliphatic carbocycles. The zero-order chi connectivity index (χ0) is 17.4. The van der Waals surface area contributed by atoms with Crippen molar-refractivity contribution in [2.24, 2.45) is 5.10 Å². The van der Waals surface area contributed by atoms with Crippen LogP contribution in [0.4, 0.5) is 0 Å². The molecule has 0 saturated carbocycles. The number of amides is 2. The van der Waals surface area contributed by atoms with Gasteiger partial charge >= 0.3 is 0 Å². The molecule has 124 valence electrons. The number of hydrazone groups is 1. The third-order valence-electron chi connectivity index (χ3n) is 2.93. The predicted octanol–water partition coefficient (Wildman–Crippen LogP) is 1.73. The summed E-state index contributed by atoms with van der Waals surface area (Å²) < 4.78 is 5.91. The Morgan fingerprint density at radius 3 is 2.71 bits per heavy atom. The van der Waals surface area contributed by atoms with Gasteiger partial charge in [0.25, 0.3) is 11.8 Å². The predicted molar refractivity (Wildman–Crippen MR) is 93.0 cm³/mol. The molecule has 0 unspecified atom stereocenters. The van der Waals surface area contributed by atoms with Gasteiger partial charge in [0.2, 0.25) is 0 Å². The van der Waals surface area contributed by atoms with Gasteiger partial charge in [-0.25, -0.2) is 5.43 Å². The van der Waals surface area contributed by atoms with Crippen LogP contribution in [-0.2, 0) is 4.79 Å². The van der Waals surface area contributed by atoms with Crippen molar-refractivity contribution in [2.45, 2.75) is 0 Å². The Bertz CT molecular complexity index is 750. The Kier molecular flexibility index (Phi) is 6.44. The van der Waals surface area contributed by atoms with Crippen LogP contribution in [0.3, 0.4) is 0 Å². The monoisotopic (exact) mass is 390 g/mol. The molecule has 0 fully saturated rings. The fourth-order valence-corrected chi connectivity index (χ4v) is 2.31. The molecule has 0 aliphatic rings. The molecule has 1 aromatic heterocycles. The molecule has 2 rings (SSSR count). The van der Waals surface area contributed by atoms with E-state index in [1.807, 2.05) is 0 Å². The van der Waals surface area contributed by atoms with E-state index in [2.05, 4.69) is 36.8 Å². The van der Waals surface area contributed by atoms with Gasteiger partial charge in [0.15, 0.2) is 0 Å². The number of methoxy groups -OCH3 is 1. The Morgan fingerprint density at radius 1 is 1.29 bits per heavy atom. The number of hydrogen-bond donors (Lipinski definition) is 2. The third-order valence-corrected chi connectivity index (χ3v) is 3.55. The van der Waals surface area contributed by atoms with Crippen molar-refractivity contribution in [2.75, 3.05) is 13.7 Å². The average molecular weight is 391 g/mol. The minimum absolute atomic E-state index is 0.176. The minimum atomic E-state index is -0.429. The first-order chi connectivity index (χ1) is 11.6. The van der Waals surface area contributed by atoms with Gasteiger partial charge in [-0.2, -0.15) is 5.10 Å². The van der Waals surface area contributed by atoms with E-state index in [-0.39, 0.29) is 12.5 Å². The number of carbonyl (C=O) groups is 2. The molecule has 2 N–H and O–H groups in total. The van der Waals surface area contributed by atoms with Crippen LogP contribution >= 0.6 is 15.9 Å². The second-order valence-electron chi connectivity index (χ2n) is 4.61. The number of carbonyl (C=O) groups excluding carboxylic acids is 2. The maximum absolute atomic E-state index is 11.8. The summed E-state index contributed by atoms with van der Waals surface area (Å²) in [6.45, 7) is -0.176. The van der Waals surface area contributed by atoms with Gasteiger partial charge in [-0.05, 0) is 51.8 Å². The Balaban J connectivity index is 1.80. The summed E-state index contributed by atoms with van der Waals surface area (Å²) in [6, 6.07) is 8.51. The molecule has 0 atom stereocenters. The average Bonchev–Trinajstić information content (AvgIpc) is 2.60. The van der Waals surface area contributed by atoms with Crippen LogP contribution in [0.1, 0.15) is 15.9 Å². The number of hydrogen-bond acceptors (Lipinski definition) is 5. The van der Waals surface area contributed by atoms with Gasteiger partial charge in [0, 0.05) is 18.0 Å². The lowest BCUT2D eigenvalue weighted by Gasteiger charge is -2.04. The van der Waals surface area contributed by atoms with Crippen molar-refractivity contribution in [3.8, 4) is 5.75 Å². The highest BCUT2D eigenvalue weighted by atomic mass is 79.9. The van der Waals surface area contributed by atoms with Crippen molar-refractivity contribution in [1.82, 2.24) is 15.7 Å². The first-order valence-electron chi connectivity index (χ1n) is 6.94. The molecule has 24 heavy (non-hydrogen) atoms. The Labute approximate surface area is 147 Å². The molecule has 0 radical (unpaired) electrons. The van der Waals surface area contributed by atoms with Crippen LogP contribution in [0.2, 0.25) is 0 Å². The lowest BCUT2D eigenvalue weighted by atomic mass is 10.2. The highest BCUT2D eigenvalue weighted by molar-refractivity contribution is 9.10. The molecule has 1 aromatic carbocycles. The summed E-state index contributed by atoms with van der Waals surface area (Å²) in [5.41, 5.74) is 3.56. The van der Waals surface area contributed by atoms with Gasteiger partial charge in [0.1, 0.15) is 5.75 Å². The van der Waals surface area contributed by atoms with Gasteiger partial charge in [-0.3, -0.25) is 14.6 Å². The maximum atomic E-state index is 11.8. The fraction of sp³-hybridized carbons (Fsp3) is 0.125. The summed E-state index contributed by atoms with van der Waals surface area (Å²) in [6.07, 6.45) is 4.51. The molecule has 0 bridgehead atoms. The van der Waals surface area contributed by atoms with E-state index >= 15 is 0 Å². The molecule has 2 aromatic rings. The molecule has 2 amide bonds. The number of halogens is 1. The Morgan fingerprint density at radius 2 is 2.04 bits per heavy atom. The third kappa shape index (κ3) is 5.17. The number of aromatic nitrogens is 1. The quantitative estimate of drug-likeness (QED) is 0.580. The zero-order valence-electron chi connectivity index (χ0n) is 12.8. The Hall–Kier alpha value is -2.74. The summed E-state index contributed by atoms with van der Waals surface area (Å²) in [5.74, 6) is -0.0770. The van der Waals surface area contributed by atoms with E-state index in [0.717, 1.165) is 10.0 Å². The number of benzene rings is 1. The molecular formula is C16H15BrN4O3. The van der Waals surface area contributed by atoms with Gasteiger partial charge in [-0.1, -0.05) is 0 Å². The molecule has 1 heterocycles. The van der Waals surface area contributed by atoms with E-state index < -0.39 is 5.91 Å². The SMILES string of the molecule is COc1ccc(/C=N\NC(=O)CNC(=O)c2ccncc2)cc1Br. The van der Waals surface area contributed by atoms with Crippen LogP contribution in [0.5, 0.6) is 5.75 Å². The second-order valence-corrected chi connectivity index (χ2v) is 5.46. The van der Waals surface area contributed by atoms with E-state index in [4.69, 9.17) is 4.74 Å². The largest absolute Gasteiger partial charge is 0.496 e. The van der Waals surface area contributed by atoms with Crippen LogP contribution in [0.15, 0.2) is 52.3 Å². The summed E-state index contributed by atoms with van der Waals surface area (Å²) >= 11 is 3.37. The molecule has 7 nitrogen and oxygen atoms in total. The van der Waals surface area contributed by atoms with E-state index in [1.165, 1.54) is 18.6 Å². The standard InChI is InChI=1S/C16H15BrN4O3/c1-24-14-3-2-11(8-13(14)17)9-20-21-15(22)10-19-16(23)12-4-6-18-7-5-12/h2-9H,10H2,1H3,(H,19,23)(H,21,22)/b20-9-. The molecule has 0 aliphatic heterocycles. The maximum Gasteiger partial charge on any atom is 0.259 e. The highest BCUT2D eigenvalue weighted by Crippen LogP contribution is 2.24. The topological polar surface area (TPSA) is 92.7 Å². The smallest absolute Gasteiger partial charge is 0.259 e. The van der Waals surface area contributed by atoms with E-state index in [1.54, 1.807) is 37.4 Å². The molecular weight excluding hydrogens is 376 g/mol. The first-order valence-corrected chi connectivity index (χ1v) is 7.73. The van der Waals surface area contributed by atoms with E-state index in [0.29, 0.717) is 11.3 Å². The summed E-state index contributed by atoms with van der Waals surface area (Å²) in [4.78, 5) is 27.2. The molecule has 0 spiro atoms. The van der Waals surface area contributed by atoms with Crippen LogP contribution < -0.4 is 15.5 Å². The van der Waals surface area contributed by atoms with Crippen molar-refractivity contribution in [3.63, 3.8) is 0 Å². The minimum Gasteiger partial charge on any atom is -0.496 e. The highest BCUT2D eigenvalue weighted by Gasteiger charge is 2.06. The number of nitrogens with zero attached hydrogens (tertiary/aromatic N) is 2. The lowest BCUT2D eigenvalue weighted by Crippen LogP contribution is -2.34. The second kappa shape index (κ2) is 8.78. The number of rotatable bonds is 6. The zero-order valence-corrected chi connectivity index (χ0v) is 14.4. The summed E-state index contributed by atoms with van der Waals surface area (Å²) in [7, 11) is 1.58. The van der Waals surface area contributed by atoms with Crippen LogP contribution in [-0.4, -0.2) is 36.7 Å². The van der Waals surface area contributed by atoms with Crippen molar-refractivity contribution in [1.29, 1.82) is 0 Å². The summed E-state index contributed by atoms with van der Waals surface area (Å²) in [5, 5.41) is 6.34. The van der Waals surface area contributed by atoms with Crippen LogP contribution in [0.25, 0.3) is 0 Å². The molecule has 0 saturated heterocycles. The number of nitrogens with one attached hydrogen (secondary N) is 2. The van der Waals surface area contributed by atoms with Crippen molar-refractivity contribution < 1.29 is 14.3 Å². The van der Waals surface area contributed by atoms with Crippen LogP contribution in [0, 0.1) is 0 Å². The first kappa shape index (κ1) is 17.6. The van der Waals surface area contributed by atoms with Gasteiger partial charge in [-0.15, -0.1) is 0 Å². The molecule has 8 heteroatoms. The van der Waals surface area contributed by atoms with Gasteiger partial charge in [0.05, 0.1) is 24.3 Å². The van der Waals surface area contributed by atoms with Gasteiger partial charge < -0.3 is 10.1 Å². The van der Waals surface area contributed by atoms with Crippen molar-refractivity contribution >= 4 is 34.0 Å².